The molecule has 1 aliphatic carbocycles. The Morgan fingerprint density at radius 1 is 1.67 bits per heavy atom. The highest BCUT2D eigenvalue weighted by atomic mass is 14.6. The molecule has 1 saturated carbocycles. The minimum atomic E-state index is 0.808. The number of allylic oxidation sites excluding steroid dienone is 2. The third kappa shape index (κ3) is 1.55. The van der Waals surface area contributed by atoms with Gasteiger partial charge in [-0.15, -0.1) is 0 Å². The van der Waals surface area contributed by atoms with Crippen molar-refractivity contribution >= 4 is 0 Å². The second kappa shape index (κ2) is 3.02. The third-order valence-corrected chi connectivity index (χ3v) is 1.93. The van der Waals surface area contributed by atoms with Gasteiger partial charge in [-0.3, -0.25) is 0 Å². The maximum Gasteiger partial charge on any atom is -0.00427 e. The Morgan fingerprint density at radius 3 is 2.78 bits per heavy atom. The van der Waals surface area contributed by atoms with E-state index in [2.05, 4.69) is 13.0 Å². The summed E-state index contributed by atoms with van der Waals surface area (Å²) in [6.07, 6.45) is 6.05. The van der Waals surface area contributed by atoms with Crippen LogP contribution in [0.3, 0.4) is 0 Å². The Labute approximate surface area is 56.9 Å². The average molecular weight is 125 g/mol. The standard InChI is InChI=1S/C8H15N/c1-2-3-7-4-8(5-7)6-9/h3,8H,2,4-6,9H2,1H3. The lowest BCUT2D eigenvalue weighted by molar-refractivity contribution is 0.427. The first-order valence-electron chi connectivity index (χ1n) is 3.74. The van der Waals surface area contributed by atoms with Gasteiger partial charge in [-0.25, -0.2) is 0 Å². The van der Waals surface area contributed by atoms with Crippen LogP contribution in [-0.2, 0) is 0 Å². The van der Waals surface area contributed by atoms with Crippen LogP contribution in [0.1, 0.15) is 26.2 Å². The lowest BCUT2D eigenvalue weighted by atomic mass is 9.80. The van der Waals surface area contributed by atoms with Gasteiger partial charge in [-0.2, -0.15) is 0 Å². The first-order valence-corrected chi connectivity index (χ1v) is 3.74. The van der Waals surface area contributed by atoms with E-state index in [0.29, 0.717) is 0 Å². The third-order valence-electron chi connectivity index (χ3n) is 1.93. The Bertz CT molecular complexity index is 108. The molecule has 1 fully saturated rings. The van der Waals surface area contributed by atoms with Crippen LogP contribution in [0, 0.1) is 5.92 Å². The maximum absolute atomic E-state index is 5.46. The van der Waals surface area contributed by atoms with Crippen LogP contribution in [0.2, 0.25) is 0 Å². The normalized spacial score (nSPS) is 25.6. The van der Waals surface area contributed by atoms with Gasteiger partial charge in [0.25, 0.3) is 0 Å². The summed E-state index contributed by atoms with van der Waals surface area (Å²) in [5, 5.41) is 0. The number of hydrogen-bond acceptors (Lipinski definition) is 1. The monoisotopic (exact) mass is 125 g/mol. The van der Waals surface area contributed by atoms with Crippen molar-refractivity contribution < 1.29 is 0 Å². The first-order chi connectivity index (χ1) is 4.36. The van der Waals surface area contributed by atoms with Crippen LogP contribution in [-0.4, -0.2) is 6.54 Å². The Hall–Kier alpha value is -0.300. The zero-order valence-corrected chi connectivity index (χ0v) is 6.06. The van der Waals surface area contributed by atoms with Crippen molar-refractivity contribution in [3.05, 3.63) is 11.6 Å². The quantitative estimate of drug-likeness (QED) is 0.558. The smallest absolute Gasteiger partial charge is 0.00427 e. The van der Waals surface area contributed by atoms with E-state index in [1.807, 2.05) is 0 Å². The van der Waals surface area contributed by atoms with Crippen molar-refractivity contribution in [1.29, 1.82) is 0 Å². The molecule has 1 heteroatoms. The predicted octanol–water partition coefficient (Wildman–Crippen LogP) is 1.69. The van der Waals surface area contributed by atoms with Crippen LogP contribution in [0.25, 0.3) is 0 Å². The molecule has 0 radical (unpaired) electrons. The van der Waals surface area contributed by atoms with E-state index in [1.165, 1.54) is 19.3 Å². The zero-order chi connectivity index (χ0) is 6.69. The predicted molar refractivity (Wildman–Crippen MR) is 40.2 cm³/mol. The van der Waals surface area contributed by atoms with E-state index in [-0.39, 0.29) is 0 Å². The zero-order valence-electron chi connectivity index (χ0n) is 6.06. The molecular formula is C8H15N. The van der Waals surface area contributed by atoms with Crippen molar-refractivity contribution in [2.45, 2.75) is 26.2 Å². The number of nitrogens with two attached hydrogens (primary N) is 1. The van der Waals surface area contributed by atoms with E-state index in [4.69, 9.17) is 5.73 Å². The largest absolute Gasteiger partial charge is 0.330 e. The number of rotatable bonds is 2. The molecule has 0 amide bonds. The molecule has 52 valence electrons. The summed E-state index contributed by atoms with van der Waals surface area (Å²) in [5.41, 5.74) is 7.08. The van der Waals surface area contributed by atoms with Gasteiger partial charge >= 0.3 is 0 Å². The topological polar surface area (TPSA) is 26.0 Å². The van der Waals surface area contributed by atoms with Gasteiger partial charge in [0.05, 0.1) is 0 Å². The molecule has 1 aliphatic rings. The van der Waals surface area contributed by atoms with Crippen LogP contribution in [0.15, 0.2) is 11.6 Å². The van der Waals surface area contributed by atoms with E-state index in [0.717, 1.165) is 12.5 Å². The molecule has 9 heavy (non-hydrogen) atoms. The van der Waals surface area contributed by atoms with E-state index >= 15 is 0 Å². The van der Waals surface area contributed by atoms with Crippen LogP contribution >= 0.6 is 0 Å². The summed E-state index contributed by atoms with van der Waals surface area (Å²) < 4.78 is 0. The maximum atomic E-state index is 5.46. The summed E-state index contributed by atoms with van der Waals surface area (Å²) in [7, 11) is 0. The van der Waals surface area contributed by atoms with Crippen LogP contribution in [0.5, 0.6) is 0 Å². The molecule has 0 aliphatic heterocycles. The highest BCUT2D eigenvalue weighted by molar-refractivity contribution is 5.12. The highest BCUT2D eigenvalue weighted by Crippen LogP contribution is 2.31. The minimum absolute atomic E-state index is 0.808. The first kappa shape index (κ1) is 6.81. The molecule has 0 bridgehead atoms. The minimum Gasteiger partial charge on any atom is -0.330 e. The number of hydrogen-bond donors (Lipinski definition) is 1. The Kier molecular flexibility index (Phi) is 2.29. The van der Waals surface area contributed by atoms with Crippen molar-refractivity contribution in [3.8, 4) is 0 Å². The molecule has 0 unspecified atom stereocenters. The second-order valence-corrected chi connectivity index (χ2v) is 2.78. The van der Waals surface area contributed by atoms with Gasteiger partial charge in [0, 0.05) is 0 Å². The van der Waals surface area contributed by atoms with Crippen molar-refractivity contribution in [2.75, 3.05) is 6.54 Å². The van der Waals surface area contributed by atoms with Crippen molar-refractivity contribution in [1.82, 2.24) is 0 Å². The summed E-state index contributed by atoms with van der Waals surface area (Å²) >= 11 is 0. The Morgan fingerprint density at radius 2 is 2.33 bits per heavy atom. The molecule has 0 atom stereocenters. The van der Waals surface area contributed by atoms with Crippen LogP contribution < -0.4 is 5.73 Å². The van der Waals surface area contributed by atoms with Crippen molar-refractivity contribution in [3.63, 3.8) is 0 Å². The van der Waals surface area contributed by atoms with Gasteiger partial charge < -0.3 is 5.73 Å². The lowest BCUT2D eigenvalue weighted by Gasteiger charge is -2.27. The highest BCUT2D eigenvalue weighted by Gasteiger charge is 2.20. The molecule has 1 nitrogen and oxygen atoms in total. The SMILES string of the molecule is CCC=C1CC(CN)C1. The van der Waals surface area contributed by atoms with E-state index < -0.39 is 0 Å². The molecule has 1 rings (SSSR count). The van der Waals surface area contributed by atoms with Crippen LogP contribution in [0.4, 0.5) is 0 Å². The van der Waals surface area contributed by atoms with Crippen molar-refractivity contribution in [2.24, 2.45) is 11.7 Å². The van der Waals surface area contributed by atoms with Gasteiger partial charge in [-0.05, 0) is 31.7 Å². The molecule has 0 aromatic rings. The van der Waals surface area contributed by atoms with Gasteiger partial charge in [0.1, 0.15) is 0 Å². The van der Waals surface area contributed by atoms with E-state index in [9.17, 15) is 0 Å². The summed E-state index contributed by atoms with van der Waals surface area (Å²) in [6, 6.07) is 0. The Balaban J connectivity index is 2.18. The summed E-state index contributed by atoms with van der Waals surface area (Å²) in [4.78, 5) is 0. The molecule has 0 spiro atoms. The fourth-order valence-electron chi connectivity index (χ4n) is 1.30. The van der Waals surface area contributed by atoms with E-state index in [1.54, 1.807) is 5.57 Å². The fourth-order valence-corrected chi connectivity index (χ4v) is 1.30. The molecule has 0 saturated heterocycles. The average Bonchev–Trinajstić information content (AvgIpc) is 1.77. The van der Waals surface area contributed by atoms with Gasteiger partial charge in [0.15, 0.2) is 0 Å². The van der Waals surface area contributed by atoms with Gasteiger partial charge in [0.2, 0.25) is 0 Å². The fraction of sp³-hybridized carbons (Fsp3) is 0.750. The molecule has 0 aromatic heterocycles. The van der Waals surface area contributed by atoms with Gasteiger partial charge in [-0.1, -0.05) is 18.6 Å². The molecule has 0 aromatic carbocycles. The molecule has 2 N–H and O–H groups in total. The summed E-state index contributed by atoms with van der Waals surface area (Å²) in [6.45, 7) is 3.06. The molecule has 0 heterocycles. The lowest BCUT2D eigenvalue weighted by Crippen LogP contribution is -2.23. The summed E-state index contributed by atoms with van der Waals surface area (Å²) in [5.74, 6) is 0.808. The molecular weight excluding hydrogens is 110 g/mol. The second-order valence-electron chi connectivity index (χ2n) is 2.78.